The second kappa shape index (κ2) is 15.6. The molecule has 0 saturated carbocycles. The van der Waals surface area contributed by atoms with Gasteiger partial charge in [-0.1, -0.05) is 45.4 Å². The van der Waals surface area contributed by atoms with Crippen molar-refractivity contribution in [2.24, 2.45) is 0 Å². The first-order chi connectivity index (χ1) is 14.3. The van der Waals surface area contributed by atoms with E-state index in [-0.39, 0.29) is 0 Å². The van der Waals surface area contributed by atoms with E-state index in [9.17, 15) is 5.11 Å². The van der Waals surface area contributed by atoms with Gasteiger partial charge in [0.25, 0.3) is 0 Å². The summed E-state index contributed by atoms with van der Waals surface area (Å²) in [4.78, 5) is 0. The Hall–Kier alpha value is -1.17. The van der Waals surface area contributed by atoms with Gasteiger partial charge >= 0.3 is 143 Å². The molecule has 2 aromatic carbocycles. The van der Waals surface area contributed by atoms with Crippen LogP contribution < -0.4 is 12.0 Å². The fourth-order valence-corrected chi connectivity index (χ4v) is 5.72. The third kappa shape index (κ3) is 11.6. The maximum absolute atomic E-state index is 9.38. The predicted molar refractivity (Wildman–Crippen MR) is 126 cm³/mol. The van der Waals surface area contributed by atoms with Crippen LogP contribution in [0.25, 0.3) is 0 Å². The van der Waals surface area contributed by atoms with Crippen molar-refractivity contribution in [1.82, 2.24) is 0 Å². The van der Waals surface area contributed by atoms with Crippen molar-refractivity contribution < 1.29 is 9.84 Å². The van der Waals surface area contributed by atoms with Crippen LogP contribution in [-0.2, 0) is 0 Å². The van der Waals surface area contributed by atoms with E-state index in [4.69, 9.17) is 4.74 Å². The first-order valence-electron chi connectivity index (χ1n) is 11.5. The van der Waals surface area contributed by atoms with E-state index in [2.05, 4.69) is 31.2 Å². The van der Waals surface area contributed by atoms with Crippen molar-refractivity contribution in [2.75, 3.05) is 6.61 Å². The fraction of sp³-hybridized carbons (Fsp3) is 0.538. The number of ether oxygens (including phenoxy) is 1. The summed E-state index contributed by atoms with van der Waals surface area (Å²) in [6.45, 7) is 3.11. The maximum atomic E-state index is 9.38. The van der Waals surface area contributed by atoms with Crippen LogP contribution in [0.15, 0.2) is 48.5 Å². The molecule has 0 bridgehead atoms. The Morgan fingerprint density at radius 1 is 0.621 bits per heavy atom. The zero-order chi connectivity index (χ0) is 20.6. The molecule has 0 atom stereocenters. The Morgan fingerprint density at radius 3 is 1.59 bits per heavy atom. The van der Waals surface area contributed by atoms with Gasteiger partial charge in [0.1, 0.15) is 0 Å². The Labute approximate surface area is 188 Å². The molecule has 0 radical (unpaired) electrons. The Balaban J connectivity index is 1.46. The molecule has 0 aliphatic rings. The molecule has 2 nitrogen and oxygen atoms in total. The molecule has 29 heavy (non-hydrogen) atoms. The normalized spacial score (nSPS) is 10.9. The van der Waals surface area contributed by atoms with Crippen LogP contribution in [0.2, 0.25) is 0 Å². The molecule has 0 saturated heterocycles. The summed E-state index contributed by atoms with van der Waals surface area (Å²) in [5.41, 5.74) is 0. The van der Waals surface area contributed by atoms with Gasteiger partial charge in [-0.15, -0.1) is 0 Å². The second-order valence-electron chi connectivity index (χ2n) is 7.80. The Bertz CT molecular complexity index is 637. The molecular formula is C26H38O2Te. The number of rotatable bonds is 16. The average Bonchev–Trinajstić information content (AvgIpc) is 2.74. The van der Waals surface area contributed by atoms with Crippen LogP contribution in [0.4, 0.5) is 0 Å². The van der Waals surface area contributed by atoms with Crippen molar-refractivity contribution in [3.8, 4) is 11.5 Å². The molecular weight excluding hydrogens is 472 g/mol. The fourth-order valence-electron chi connectivity index (χ4n) is 3.39. The summed E-state index contributed by atoms with van der Waals surface area (Å²) in [6, 6.07) is 16.2. The third-order valence-electron chi connectivity index (χ3n) is 5.16. The summed E-state index contributed by atoms with van der Waals surface area (Å²) in [5.74, 6) is 1.32. The first-order valence-corrected chi connectivity index (χ1v) is 13.8. The van der Waals surface area contributed by atoms with Crippen molar-refractivity contribution in [3.63, 3.8) is 0 Å². The van der Waals surface area contributed by atoms with Gasteiger partial charge in [0.2, 0.25) is 0 Å². The van der Waals surface area contributed by atoms with E-state index >= 15 is 0 Å². The molecule has 0 unspecified atom stereocenters. The van der Waals surface area contributed by atoms with Gasteiger partial charge in [-0.25, -0.2) is 0 Å². The second-order valence-corrected chi connectivity index (χ2v) is 11.1. The molecule has 2 aromatic rings. The summed E-state index contributed by atoms with van der Waals surface area (Å²) in [7, 11) is 0. The van der Waals surface area contributed by atoms with Gasteiger partial charge in [-0.3, -0.25) is 0 Å². The quantitative estimate of drug-likeness (QED) is 0.218. The van der Waals surface area contributed by atoms with Crippen molar-refractivity contribution in [1.29, 1.82) is 0 Å². The number of benzene rings is 2. The van der Waals surface area contributed by atoms with E-state index in [0.717, 1.165) is 18.8 Å². The van der Waals surface area contributed by atoms with Gasteiger partial charge < -0.3 is 0 Å². The van der Waals surface area contributed by atoms with E-state index in [1.165, 1.54) is 77.9 Å². The molecule has 0 aliphatic carbocycles. The molecule has 0 heterocycles. The molecule has 0 spiro atoms. The molecule has 0 aliphatic heterocycles. The number of unbranched alkanes of at least 4 members (excludes halogenated alkanes) is 11. The summed E-state index contributed by atoms with van der Waals surface area (Å²) in [5, 5.41) is 9.38. The standard InChI is InChI=1S/C26H38O2Te/c1-2-3-4-5-6-7-8-9-10-11-12-13-22-28-24-16-20-26(21-17-24)29-25-18-14-23(27)15-19-25/h14-21,27H,2-13,22H2,1H3. The topological polar surface area (TPSA) is 29.5 Å². The van der Waals surface area contributed by atoms with Crippen LogP contribution in [-0.4, -0.2) is 32.6 Å². The number of phenols is 1. The van der Waals surface area contributed by atoms with Crippen LogP contribution in [0.5, 0.6) is 11.5 Å². The van der Waals surface area contributed by atoms with E-state index in [1.807, 2.05) is 12.1 Å². The van der Waals surface area contributed by atoms with Gasteiger partial charge in [0, 0.05) is 0 Å². The molecule has 160 valence electrons. The van der Waals surface area contributed by atoms with E-state index < -0.39 is 20.9 Å². The molecule has 0 aromatic heterocycles. The molecule has 0 fully saturated rings. The van der Waals surface area contributed by atoms with Crippen LogP contribution >= 0.6 is 0 Å². The Morgan fingerprint density at radius 2 is 1.07 bits per heavy atom. The number of hydrogen-bond donors (Lipinski definition) is 1. The van der Waals surface area contributed by atoms with Gasteiger partial charge in [0.15, 0.2) is 0 Å². The van der Waals surface area contributed by atoms with Gasteiger partial charge in [-0.05, 0) is 0 Å². The van der Waals surface area contributed by atoms with Crippen molar-refractivity contribution >= 4 is 28.1 Å². The minimum atomic E-state index is -0.392. The van der Waals surface area contributed by atoms with Gasteiger partial charge in [-0.2, -0.15) is 0 Å². The molecule has 2 rings (SSSR count). The van der Waals surface area contributed by atoms with E-state index in [1.54, 1.807) is 12.1 Å². The minimum absolute atomic E-state index is 0.336. The Kier molecular flexibility index (Phi) is 13.0. The number of aromatic hydroxyl groups is 1. The monoisotopic (exact) mass is 512 g/mol. The molecule has 1 N–H and O–H groups in total. The molecule has 3 heteroatoms. The van der Waals surface area contributed by atoms with Crippen molar-refractivity contribution in [2.45, 2.75) is 84.0 Å². The summed E-state index contributed by atoms with van der Waals surface area (Å²) in [6.07, 6.45) is 16.5. The number of hydrogen-bond acceptors (Lipinski definition) is 2. The van der Waals surface area contributed by atoms with Gasteiger partial charge in [0.05, 0.1) is 0 Å². The average molecular weight is 510 g/mol. The zero-order valence-corrected chi connectivity index (χ0v) is 20.4. The molecule has 0 amide bonds. The van der Waals surface area contributed by atoms with Crippen LogP contribution in [0, 0.1) is 0 Å². The van der Waals surface area contributed by atoms with Crippen LogP contribution in [0.1, 0.15) is 84.0 Å². The predicted octanol–water partition coefficient (Wildman–Crippen LogP) is 6.13. The number of phenolic OH excluding ortho intramolecular Hbond substituents is 1. The van der Waals surface area contributed by atoms with Crippen molar-refractivity contribution in [3.05, 3.63) is 48.5 Å². The first kappa shape index (κ1) is 24.1. The summed E-state index contributed by atoms with van der Waals surface area (Å²) < 4.78 is 8.62. The third-order valence-corrected chi connectivity index (χ3v) is 8.06. The SMILES string of the molecule is CCCCCCCCCCCCCCOc1ccc([Te]c2ccc(O)cc2)cc1. The van der Waals surface area contributed by atoms with E-state index in [0.29, 0.717) is 5.75 Å². The zero-order valence-electron chi connectivity index (χ0n) is 18.1. The van der Waals surface area contributed by atoms with Crippen LogP contribution in [0.3, 0.4) is 0 Å². The summed E-state index contributed by atoms with van der Waals surface area (Å²) >= 11 is -0.392.